The average Bonchev–Trinajstić information content (AvgIpc) is 2.40. The summed E-state index contributed by atoms with van der Waals surface area (Å²) in [5.74, 6) is -0.528. The first-order valence-corrected chi connectivity index (χ1v) is 8.72. The van der Waals surface area contributed by atoms with Gasteiger partial charge in [0.05, 0.1) is 0 Å². The zero-order valence-corrected chi connectivity index (χ0v) is 13.5. The largest absolute Gasteiger partial charge is 0.324 e. The summed E-state index contributed by atoms with van der Waals surface area (Å²) < 4.78 is 23.7. The van der Waals surface area contributed by atoms with E-state index in [0.29, 0.717) is 5.69 Å². The van der Waals surface area contributed by atoms with E-state index in [2.05, 4.69) is 21.2 Å². The predicted molar refractivity (Wildman–Crippen MR) is 84.6 cm³/mol. The molecule has 0 spiro atoms. The lowest BCUT2D eigenvalue weighted by molar-refractivity contribution is -0.115. The molecular weight excluding hydrogens is 342 g/mol. The van der Waals surface area contributed by atoms with Crippen molar-refractivity contribution in [2.75, 3.05) is 11.6 Å². The SMILES string of the molecule is CC(C(=O)Nc1ccc(Br)c2ccccc12)S(C)(=O)=O. The van der Waals surface area contributed by atoms with Gasteiger partial charge in [0, 0.05) is 21.8 Å². The van der Waals surface area contributed by atoms with Crippen molar-refractivity contribution in [3.05, 3.63) is 40.9 Å². The van der Waals surface area contributed by atoms with E-state index < -0.39 is 21.0 Å². The van der Waals surface area contributed by atoms with Gasteiger partial charge < -0.3 is 5.32 Å². The summed E-state index contributed by atoms with van der Waals surface area (Å²) >= 11 is 3.45. The highest BCUT2D eigenvalue weighted by Crippen LogP contribution is 2.30. The fourth-order valence-corrected chi connectivity index (χ4v) is 2.73. The summed E-state index contributed by atoms with van der Waals surface area (Å²) in [6.07, 6.45) is 1.05. The molecule has 1 amide bonds. The van der Waals surface area contributed by atoms with Crippen LogP contribution in [-0.2, 0) is 14.6 Å². The second-order valence-electron chi connectivity index (χ2n) is 4.60. The molecule has 1 unspecified atom stereocenters. The number of benzene rings is 2. The quantitative estimate of drug-likeness (QED) is 0.920. The van der Waals surface area contributed by atoms with Gasteiger partial charge in [0.25, 0.3) is 0 Å². The van der Waals surface area contributed by atoms with Gasteiger partial charge in [-0.1, -0.05) is 40.2 Å². The molecule has 0 saturated heterocycles. The molecule has 106 valence electrons. The second-order valence-corrected chi connectivity index (χ2v) is 7.82. The van der Waals surface area contributed by atoms with Gasteiger partial charge in [-0.15, -0.1) is 0 Å². The molecule has 0 aliphatic carbocycles. The number of carbonyl (C=O) groups is 1. The fourth-order valence-electron chi connectivity index (χ4n) is 1.80. The van der Waals surface area contributed by atoms with Crippen LogP contribution in [-0.4, -0.2) is 25.8 Å². The van der Waals surface area contributed by atoms with E-state index in [4.69, 9.17) is 0 Å². The monoisotopic (exact) mass is 355 g/mol. The third kappa shape index (κ3) is 3.02. The maximum absolute atomic E-state index is 12.0. The smallest absolute Gasteiger partial charge is 0.242 e. The number of anilines is 1. The van der Waals surface area contributed by atoms with Crippen molar-refractivity contribution in [2.45, 2.75) is 12.2 Å². The number of hydrogen-bond acceptors (Lipinski definition) is 3. The zero-order valence-electron chi connectivity index (χ0n) is 11.1. The Morgan fingerprint density at radius 1 is 1.15 bits per heavy atom. The molecule has 2 rings (SSSR count). The number of amides is 1. The van der Waals surface area contributed by atoms with Crippen molar-refractivity contribution < 1.29 is 13.2 Å². The minimum atomic E-state index is -3.40. The van der Waals surface area contributed by atoms with Crippen molar-refractivity contribution in [3.63, 3.8) is 0 Å². The molecule has 1 atom stereocenters. The Labute approximate surface area is 126 Å². The predicted octanol–water partition coefficient (Wildman–Crippen LogP) is 2.97. The number of halogens is 1. The first-order chi connectivity index (χ1) is 9.30. The lowest BCUT2D eigenvalue weighted by Gasteiger charge is -2.13. The molecule has 6 heteroatoms. The molecule has 2 aromatic carbocycles. The molecule has 0 fully saturated rings. The van der Waals surface area contributed by atoms with E-state index in [0.717, 1.165) is 21.5 Å². The summed E-state index contributed by atoms with van der Waals surface area (Å²) in [7, 11) is -3.40. The van der Waals surface area contributed by atoms with Crippen LogP contribution in [0.4, 0.5) is 5.69 Å². The van der Waals surface area contributed by atoms with Crippen molar-refractivity contribution in [1.29, 1.82) is 0 Å². The molecule has 1 N–H and O–H groups in total. The van der Waals surface area contributed by atoms with Crippen LogP contribution in [0.3, 0.4) is 0 Å². The first-order valence-electron chi connectivity index (χ1n) is 5.97. The van der Waals surface area contributed by atoms with Crippen LogP contribution in [0, 0.1) is 0 Å². The van der Waals surface area contributed by atoms with Gasteiger partial charge >= 0.3 is 0 Å². The fraction of sp³-hybridized carbons (Fsp3) is 0.214. The Morgan fingerprint density at radius 3 is 2.35 bits per heavy atom. The highest BCUT2D eigenvalue weighted by Gasteiger charge is 2.23. The van der Waals surface area contributed by atoms with Crippen LogP contribution in [0.5, 0.6) is 0 Å². The molecule has 2 aromatic rings. The molecule has 0 heterocycles. The van der Waals surface area contributed by atoms with E-state index in [-0.39, 0.29) is 0 Å². The first kappa shape index (κ1) is 15.0. The van der Waals surface area contributed by atoms with Gasteiger partial charge in [0.1, 0.15) is 5.25 Å². The number of rotatable bonds is 3. The maximum atomic E-state index is 12.0. The molecule has 4 nitrogen and oxygen atoms in total. The standard InChI is InChI=1S/C14H14BrNO3S/c1-9(20(2,18)19)14(17)16-13-8-7-12(15)10-5-3-4-6-11(10)13/h3-9H,1-2H3,(H,16,17). The van der Waals surface area contributed by atoms with Crippen LogP contribution < -0.4 is 5.32 Å². The minimum absolute atomic E-state index is 0.528. The lowest BCUT2D eigenvalue weighted by atomic mass is 10.1. The summed E-state index contributed by atoms with van der Waals surface area (Å²) in [6, 6.07) is 11.1. The topological polar surface area (TPSA) is 63.2 Å². The van der Waals surface area contributed by atoms with Gasteiger partial charge in [-0.3, -0.25) is 4.79 Å². The number of nitrogens with one attached hydrogen (secondary N) is 1. The minimum Gasteiger partial charge on any atom is -0.324 e. The van der Waals surface area contributed by atoms with Crippen molar-refractivity contribution in [3.8, 4) is 0 Å². The Morgan fingerprint density at radius 2 is 1.75 bits per heavy atom. The molecule has 20 heavy (non-hydrogen) atoms. The van der Waals surface area contributed by atoms with Crippen LogP contribution >= 0.6 is 15.9 Å². The van der Waals surface area contributed by atoms with E-state index in [1.807, 2.05) is 30.3 Å². The summed E-state index contributed by atoms with van der Waals surface area (Å²) in [5, 5.41) is 3.41. The van der Waals surface area contributed by atoms with Crippen molar-refractivity contribution in [2.24, 2.45) is 0 Å². The van der Waals surface area contributed by atoms with E-state index >= 15 is 0 Å². The second kappa shape index (κ2) is 5.54. The third-order valence-corrected chi connectivity index (χ3v) is 5.33. The summed E-state index contributed by atoms with van der Waals surface area (Å²) in [6.45, 7) is 1.38. The highest BCUT2D eigenvalue weighted by atomic mass is 79.9. The highest BCUT2D eigenvalue weighted by molar-refractivity contribution is 9.10. The average molecular weight is 356 g/mol. The normalized spacial score (nSPS) is 13.2. The third-order valence-electron chi connectivity index (χ3n) is 3.14. The molecule has 0 aliphatic heterocycles. The Bertz CT molecular complexity index is 771. The maximum Gasteiger partial charge on any atom is 0.242 e. The molecule has 0 saturated carbocycles. The number of carbonyl (C=O) groups excluding carboxylic acids is 1. The summed E-state index contributed by atoms with van der Waals surface area (Å²) in [5.41, 5.74) is 0.601. The summed E-state index contributed by atoms with van der Waals surface area (Å²) in [4.78, 5) is 12.0. The molecule has 0 radical (unpaired) electrons. The Kier molecular flexibility index (Phi) is 4.15. The van der Waals surface area contributed by atoms with Gasteiger partial charge in [-0.25, -0.2) is 8.42 Å². The molecular formula is C14H14BrNO3S. The van der Waals surface area contributed by atoms with Gasteiger partial charge in [-0.05, 0) is 24.4 Å². The van der Waals surface area contributed by atoms with E-state index in [9.17, 15) is 13.2 Å². The van der Waals surface area contributed by atoms with Crippen molar-refractivity contribution in [1.82, 2.24) is 0 Å². The van der Waals surface area contributed by atoms with Gasteiger partial charge in [0.15, 0.2) is 9.84 Å². The van der Waals surface area contributed by atoms with Gasteiger partial charge in [0.2, 0.25) is 5.91 Å². The van der Waals surface area contributed by atoms with Gasteiger partial charge in [-0.2, -0.15) is 0 Å². The molecule has 0 bridgehead atoms. The zero-order chi connectivity index (χ0) is 14.9. The number of fused-ring (bicyclic) bond motifs is 1. The van der Waals surface area contributed by atoms with Crippen LogP contribution in [0.25, 0.3) is 10.8 Å². The lowest BCUT2D eigenvalue weighted by Crippen LogP contribution is -2.31. The van der Waals surface area contributed by atoms with Crippen LogP contribution in [0.2, 0.25) is 0 Å². The Hall–Kier alpha value is -1.40. The number of sulfone groups is 1. The van der Waals surface area contributed by atoms with Crippen LogP contribution in [0.1, 0.15) is 6.92 Å². The molecule has 0 aliphatic rings. The van der Waals surface area contributed by atoms with E-state index in [1.165, 1.54) is 6.92 Å². The van der Waals surface area contributed by atoms with Crippen molar-refractivity contribution >= 4 is 48.1 Å². The number of hydrogen-bond donors (Lipinski definition) is 1. The molecule has 0 aromatic heterocycles. The Balaban J connectivity index is 2.41. The van der Waals surface area contributed by atoms with Crippen LogP contribution in [0.15, 0.2) is 40.9 Å². The van der Waals surface area contributed by atoms with E-state index in [1.54, 1.807) is 6.07 Å².